The number of aliphatic hydroxyl groups is 3. The maximum Gasteiger partial charge on any atom is 0.224 e. The summed E-state index contributed by atoms with van der Waals surface area (Å²) in [6, 6.07) is 8.24. The quantitative estimate of drug-likeness (QED) is 0.297. The van der Waals surface area contributed by atoms with Gasteiger partial charge in [-0.25, -0.2) is 0 Å². The van der Waals surface area contributed by atoms with E-state index in [2.05, 4.69) is 62.8 Å². The van der Waals surface area contributed by atoms with Crippen LogP contribution in [-0.4, -0.2) is 44.1 Å². The molecule has 0 radical (unpaired) electrons. The highest BCUT2D eigenvalue weighted by Crippen LogP contribution is 2.68. The van der Waals surface area contributed by atoms with Crippen LogP contribution in [0.25, 0.3) is 10.9 Å². The van der Waals surface area contributed by atoms with Crippen molar-refractivity contribution in [2.75, 3.05) is 5.32 Å². The third-order valence-electron chi connectivity index (χ3n) is 13.0. The summed E-state index contributed by atoms with van der Waals surface area (Å²) in [7, 11) is 0. The lowest BCUT2D eigenvalue weighted by molar-refractivity contribution is -0.207. The fraction of sp³-hybridized carbons (Fsp3) is 0.750. The van der Waals surface area contributed by atoms with Crippen LogP contribution in [0.5, 0.6) is 0 Å². The van der Waals surface area contributed by atoms with E-state index in [9.17, 15) is 20.1 Å². The zero-order chi connectivity index (χ0) is 30.0. The van der Waals surface area contributed by atoms with Gasteiger partial charge < -0.3 is 25.2 Å². The summed E-state index contributed by atoms with van der Waals surface area (Å²) in [5.41, 5.74) is 1.88. The number of aromatic nitrogens is 1. The number of anilines is 1. The molecule has 0 aliphatic heterocycles. The topological polar surface area (TPSA) is 94.7 Å². The molecule has 1 aromatic heterocycles. The van der Waals surface area contributed by atoms with Crippen LogP contribution in [0.1, 0.15) is 92.4 Å². The van der Waals surface area contributed by atoms with Gasteiger partial charge in [-0.1, -0.05) is 40.7 Å². The normalized spacial score (nSPS) is 40.4. The highest BCUT2D eigenvalue weighted by atomic mass is 16.3. The van der Waals surface area contributed by atoms with E-state index >= 15 is 0 Å². The molecule has 1 aromatic carbocycles. The smallest absolute Gasteiger partial charge is 0.224 e. The number of hydrogen-bond donors (Lipinski definition) is 4. The van der Waals surface area contributed by atoms with E-state index in [1.165, 1.54) is 0 Å². The number of amides is 1. The summed E-state index contributed by atoms with van der Waals surface area (Å²) >= 11 is 0. The van der Waals surface area contributed by atoms with Gasteiger partial charge in [0.1, 0.15) is 0 Å². The number of nitrogens with one attached hydrogen (secondary N) is 1. The minimum absolute atomic E-state index is 0.0519. The van der Waals surface area contributed by atoms with Crippen LogP contribution in [0.2, 0.25) is 0 Å². The van der Waals surface area contributed by atoms with Gasteiger partial charge in [0.2, 0.25) is 5.91 Å². The second-order valence-corrected chi connectivity index (χ2v) is 15.7. The number of rotatable bonds is 7. The zero-order valence-corrected chi connectivity index (χ0v) is 26.4. The van der Waals surface area contributed by atoms with Crippen molar-refractivity contribution in [2.24, 2.45) is 52.3 Å². The second-order valence-electron chi connectivity index (χ2n) is 15.7. The molecule has 6 heteroatoms. The Hall–Kier alpha value is -1.89. The van der Waals surface area contributed by atoms with Crippen LogP contribution < -0.4 is 5.32 Å². The molecule has 4 N–H and O–H groups in total. The van der Waals surface area contributed by atoms with E-state index in [1.54, 1.807) is 0 Å². The van der Waals surface area contributed by atoms with Gasteiger partial charge in [-0.15, -0.1) is 0 Å². The predicted molar refractivity (Wildman–Crippen MR) is 168 cm³/mol. The van der Waals surface area contributed by atoms with Crippen molar-refractivity contribution in [3.05, 3.63) is 30.5 Å². The standard InChI is InChI=1S/C36H54N2O4/c1-21(2)20-38-16-14-25-29(7-6-8-30(25)38)37-33(42)12-9-22(3)26-10-11-27-34-28(19-32(41)36(26,27)5)35(4)15-13-24(39)17-23(35)18-31(34)40/h6-8,14,16,21-24,26-28,31-32,34,39-41H,9-13,15,17-20H2,1-5H3,(H,37,42)/t22-,23-,24-,26+,27-,28-,31-,32+,34+,35+,36-/m1/s1. The number of aliphatic hydroxyl groups excluding tert-OH is 3. The molecule has 11 atom stereocenters. The summed E-state index contributed by atoms with van der Waals surface area (Å²) in [5, 5.41) is 38.0. The Kier molecular flexibility index (Phi) is 8.06. The highest BCUT2D eigenvalue weighted by Gasteiger charge is 2.65. The average molecular weight is 579 g/mol. The van der Waals surface area contributed by atoms with Crippen molar-refractivity contribution in [3.63, 3.8) is 0 Å². The van der Waals surface area contributed by atoms with Crippen molar-refractivity contribution >= 4 is 22.5 Å². The van der Waals surface area contributed by atoms with Crippen LogP contribution in [-0.2, 0) is 11.3 Å². The van der Waals surface area contributed by atoms with Gasteiger partial charge in [-0.2, -0.15) is 0 Å². The zero-order valence-electron chi connectivity index (χ0n) is 26.4. The molecule has 4 fully saturated rings. The summed E-state index contributed by atoms with van der Waals surface area (Å²) < 4.78 is 2.26. The minimum atomic E-state index is -0.394. The first kappa shape index (κ1) is 30.1. The van der Waals surface area contributed by atoms with E-state index in [0.29, 0.717) is 41.9 Å². The van der Waals surface area contributed by atoms with Gasteiger partial charge in [-0.05, 0) is 122 Å². The Labute approximate surface area is 252 Å². The van der Waals surface area contributed by atoms with Crippen molar-refractivity contribution in [3.8, 4) is 0 Å². The maximum atomic E-state index is 13.2. The average Bonchev–Trinajstić information content (AvgIpc) is 3.51. The molecule has 6 rings (SSSR count). The summed E-state index contributed by atoms with van der Waals surface area (Å²) in [6.45, 7) is 12.3. The van der Waals surface area contributed by atoms with E-state index in [4.69, 9.17) is 0 Å². The molecule has 0 bridgehead atoms. The van der Waals surface area contributed by atoms with Gasteiger partial charge in [0, 0.05) is 24.5 Å². The number of hydrogen-bond acceptors (Lipinski definition) is 4. The Bertz CT molecular complexity index is 1290. The molecule has 42 heavy (non-hydrogen) atoms. The number of fused-ring (bicyclic) bond motifs is 6. The molecule has 0 spiro atoms. The third kappa shape index (κ3) is 4.94. The number of carbonyl (C=O) groups excluding carboxylic acids is 1. The van der Waals surface area contributed by atoms with Gasteiger partial charge in [0.05, 0.1) is 29.5 Å². The molecular weight excluding hydrogens is 524 g/mol. The first-order valence-electron chi connectivity index (χ1n) is 16.8. The summed E-state index contributed by atoms with van der Waals surface area (Å²) in [5.74, 6) is 2.43. The third-order valence-corrected chi connectivity index (χ3v) is 13.0. The Morgan fingerprint density at radius 3 is 2.57 bits per heavy atom. The van der Waals surface area contributed by atoms with E-state index in [-0.39, 0.29) is 34.9 Å². The van der Waals surface area contributed by atoms with Gasteiger partial charge in [0.25, 0.3) is 0 Å². The molecular formula is C36H54N2O4. The Morgan fingerprint density at radius 2 is 1.81 bits per heavy atom. The molecule has 4 saturated carbocycles. The molecule has 6 nitrogen and oxygen atoms in total. The largest absolute Gasteiger partial charge is 0.393 e. The van der Waals surface area contributed by atoms with Gasteiger partial charge in [0.15, 0.2) is 0 Å². The van der Waals surface area contributed by atoms with Gasteiger partial charge >= 0.3 is 0 Å². The predicted octanol–water partition coefficient (Wildman–Crippen LogP) is 6.61. The number of benzene rings is 1. The van der Waals surface area contributed by atoms with Crippen molar-refractivity contribution in [1.82, 2.24) is 4.57 Å². The SMILES string of the molecule is CC(C)Cn1ccc2c(NC(=O)CC[C@@H](C)[C@@H]3CC[C@@H]4[C@@H]5[C@H](O)C[C@H]6C[C@H](O)CC[C@]6(C)[C@@H]5C[C@H](O)[C@@]43C)cccc21. The molecule has 1 amide bonds. The van der Waals surface area contributed by atoms with Crippen molar-refractivity contribution in [1.29, 1.82) is 0 Å². The number of nitrogens with zero attached hydrogens (tertiary/aromatic N) is 1. The minimum Gasteiger partial charge on any atom is -0.393 e. The lowest BCUT2D eigenvalue weighted by atomic mass is 9.43. The lowest BCUT2D eigenvalue weighted by Gasteiger charge is -2.63. The van der Waals surface area contributed by atoms with Crippen LogP contribution in [0, 0.1) is 52.3 Å². The first-order valence-corrected chi connectivity index (χ1v) is 16.8. The molecule has 0 saturated heterocycles. The first-order chi connectivity index (χ1) is 19.9. The molecule has 2 aromatic rings. The van der Waals surface area contributed by atoms with Crippen LogP contribution in [0.3, 0.4) is 0 Å². The van der Waals surface area contributed by atoms with Crippen LogP contribution >= 0.6 is 0 Å². The Morgan fingerprint density at radius 1 is 1.02 bits per heavy atom. The Balaban J connectivity index is 1.12. The van der Waals surface area contributed by atoms with Crippen LogP contribution in [0.15, 0.2) is 30.5 Å². The maximum absolute atomic E-state index is 13.2. The fourth-order valence-electron chi connectivity index (χ4n) is 10.8. The van der Waals surface area contributed by atoms with Crippen molar-refractivity contribution < 1.29 is 20.1 Å². The second kappa shape index (κ2) is 11.2. The van der Waals surface area contributed by atoms with Crippen molar-refractivity contribution in [2.45, 2.75) is 117 Å². The molecule has 232 valence electrons. The number of carbonyl (C=O) groups is 1. The molecule has 0 unspecified atom stereocenters. The van der Waals surface area contributed by atoms with E-state index in [1.807, 2.05) is 12.1 Å². The highest BCUT2D eigenvalue weighted by molar-refractivity contribution is 6.01. The molecule has 4 aliphatic rings. The van der Waals surface area contributed by atoms with E-state index < -0.39 is 6.10 Å². The molecule has 1 heterocycles. The van der Waals surface area contributed by atoms with Crippen LogP contribution in [0.4, 0.5) is 5.69 Å². The fourth-order valence-corrected chi connectivity index (χ4v) is 10.8. The lowest BCUT2D eigenvalue weighted by Crippen LogP contribution is -2.62. The summed E-state index contributed by atoms with van der Waals surface area (Å²) in [6.07, 6.45) is 8.63. The monoisotopic (exact) mass is 578 g/mol. The summed E-state index contributed by atoms with van der Waals surface area (Å²) in [4.78, 5) is 13.2. The van der Waals surface area contributed by atoms with E-state index in [0.717, 1.165) is 74.5 Å². The van der Waals surface area contributed by atoms with Gasteiger partial charge in [-0.3, -0.25) is 4.79 Å². The molecule has 4 aliphatic carbocycles.